The van der Waals surface area contributed by atoms with E-state index in [0.29, 0.717) is 22.7 Å². The van der Waals surface area contributed by atoms with Crippen LogP contribution >= 0.6 is 0 Å². The van der Waals surface area contributed by atoms with Crippen LogP contribution in [0.1, 0.15) is 24.5 Å². The van der Waals surface area contributed by atoms with E-state index in [9.17, 15) is 15.0 Å². The van der Waals surface area contributed by atoms with E-state index in [4.69, 9.17) is 9.47 Å². The number of methoxy groups -OCH3 is 2. The first-order valence-corrected chi connectivity index (χ1v) is 7.52. The van der Waals surface area contributed by atoms with E-state index in [1.807, 2.05) is 0 Å². The monoisotopic (exact) mass is 331 g/mol. The van der Waals surface area contributed by atoms with Gasteiger partial charge in [-0.05, 0) is 42.8 Å². The lowest BCUT2D eigenvalue weighted by atomic mass is 10.0. The Labute approximate surface area is 140 Å². The van der Waals surface area contributed by atoms with Gasteiger partial charge in [-0.15, -0.1) is 0 Å². The number of hydrogen-bond acceptors (Lipinski definition) is 5. The lowest BCUT2D eigenvalue weighted by Crippen LogP contribution is -2.13. The fraction of sp³-hybridized carbons (Fsp3) is 0.278. The van der Waals surface area contributed by atoms with Gasteiger partial charge in [0.15, 0.2) is 0 Å². The van der Waals surface area contributed by atoms with Crippen molar-refractivity contribution in [3.8, 4) is 17.2 Å². The van der Waals surface area contributed by atoms with Gasteiger partial charge in [-0.1, -0.05) is 0 Å². The fourth-order valence-electron chi connectivity index (χ4n) is 2.29. The summed E-state index contributed by atoms with van der Waals surface area (Å²) in [6, 6.07) is 11.3. The standard InChI is InChI=1S/C18H21NO5/c1-23-14-7-8-15(17(11-14)24-2)16(21)9-10-18(22)19-12-3-5-13(20)6-4-12/h3-8,11,16,20-21H,9-10H2,1-2H3,(H,19,22). The average molecular weight is 331 g/mol. The number of aliphatic hydroxyl groups excluding tert-OH is 1. The highest BCUT2D eigenvalue weighted by atomic mass is 16.5. The molecule has 2 aromatic rings. The van der Waals surface area contributed by atoms with Crippen molar-refractivity contribution in [3.63, 3.8) is 0 Å². The van der Waals surface area contributed by atoms with E-state index in [1.165, 1.54) is 19.2 Å². The molecule has 0 aliphatic carbocycles. The van der Waals surface area contributed by atoms with Crippen molar-refractivity contribution in [1.82, 2.24) is 0 Å². The van der Waals surface area contributed by atoms with Crippen molar-refractivity contribution in [1.29, 1.82) is 0 Å². The van der Waals surface area contributed by atoms with Gasteiger partial charge >= 0.3 is 0 Å². The van der Waals surface area contributed by atoms with Gasteiger partial charge in [0.25, 0.3) is 0 Å². The maximum atomic E-state index is 12.0. The van der Waals surface area contributed by atoms with Crippen LogP contribution < -0.4 is 14.8 Å². The molecule has 0 aliphatic rings. The predicted molar refractivity (Wildman–Crippen MR) is 90.5 cm³/mol. The van der Waals surface area contributed by atoms with E-state index < -0.39 is 6.10 Å². The van der Waals surface area contributed by atoms with E-state index >= 15 is 0 Å². The summed E-state index contributed by atoms with van der Waals surface area (Å²) in [4.78, 5) is 12.0. The first-order chi connectivity index (χ1) is 11.5. The maximum absolute atomic E-state index is 12.0. The number of nitrogens with one attached hydrogen (secondary N) is 1. The molecule has 1 atom stereocenters. The molecule has 1 unspecified atom stereocenters. The highest BCUT2D eigenvalue weighted by Crippen LogP contribution is 2.31. The van der Waals surface area contributed by atoms with Crippen molar-refractivity contribution >= 4 is 11.6 Å². The van der Waals surface area contributed by atoms with Crippen molar-refractivity contribution < 1.29 is 24.5 Å². The van der Waals surface area contributed by atoms with Gasteiger partial charge in [-0.25, -0.2) is 0 Å². The van der Waals surface area contributed by atoms with Crippen molar-refractivity contribution in [3.05, 3.63) is 48.0 Å². The largest absolute Gasteiger partial charge is 0.508 e. The van der Waals surface area contributed by atoms with Crippen LogP contribution in [-0.2, 0) is 4.79 Å². The molecular formula is C18H21NO5. The van der Waals surface area contributed by atoms with Crippen LogP contribution in [0, 0.1) is 0 Å². The molecule has 0 saturated carbocycles. The van der Waals surface area contributed by atoms with Gasteiger partial charge in [0, 0.05) is 23.7 Å². The van der Waals surface area contributed by atoms with Crippen LogP contribution in [0.25, 0.3) is 0 Å². The van der Waals surface area contributed by atoms with E-state index in [1.54, 1.807) is 37.4 Å². The van der Waals surface area contributed by atoms with E-state index in [2.05, 4.69) is 5.32 Å². The molecule has 0 heterocycles. The summed E-state index contributed by atoms with van der Waals surface area (Å²) in [6.07, 6.45) is -0.416. The highest BCUT2D eigenvalue weighted by Gasteiger charge is 2.16. The van der Waals surface area contributed by atoms with Crippen LogP contribution in [-0.4, -0.2) is 30.3 Å². The third-order valence-electron chi connectivity index (χ3n) is 3.60. The molecule has 2 aromatic carbocycles. The molecule has 0 spiro atoms. The van der Waals surface area contributed by atoms with Crippen molar-refractivity contribution in [2.24, 2.45) is 0 Å². The average Bonchev–Trinajstić information content (AvgIpc) is 2.61. The Bertz CT molecular complexity index is 684. The number of aliphatic hydroxyl groups is 1. The molecule has 24 heavy (non-hydrogen) atoms. The number of anilines is 1. The summed E-state index contributed by atoms with van der Waals surface area (Å²) in [5.41, 5.74) is 1.20. The second-order valence-electron chi connectivity index (χ2n) is 5.26. The summed E-state index contributed by atoms with van der Waals surface area (Å²) in [6.45, 7) is 0. The van der Waals surface area contributed by atoms with Crippen LogP contribution in [0.2, 0.25) is 0 Å². The third kappa shape index (κ3) is 4.63. The van der Waals surface area contributed by atoms with Crippen LogP contribution in [0.5, 0.6) is 17.2 Å². The number of phenols is 1. The molecule has 3 N–H and O–H groups in total. The summed E-state index contributed by atoms with van der Waals surface area (Å²) in [5.74, 6) is 1.07. The minimum Gasteiger partial charge on any atom is -0.508 e. The summed E-state index contributed by atoms with van der Waals surface area (Å²) < 4.78 is 10.4. The Morgan fingerprint density at radius 2 is 1.83 bits per heavy atom. The zero-order valence-corrected chi connectivity index (χ0v) is 13.7. The van der Waals surface area contributed by atoms with Gasteiger partial charge in [-0.2, -0.15) is 0 Å². The van der Waals surface area contributed by atoms with Gasteiger partial charge < -0.3 is 25.0 Å². The van der Waals surface area contributed by atoms with Gasteiger partial charge in [0.1, 0.15) is 17.2 Å². The Morgan fingerprint density at radius 3 is 2.46 bits per heavy atom. The molecular weight excluding hydrogens is 310 g/mol. The Morgan fingerprint density at radius 1 is 1.12 bits per heavy atom. The number of hydrogen-bond donors (Lipinski definition) is 3. The molecule has 1 amide bonds. The molecule has 0 fully saturated rings. The van der Waals surface area contributed by atoms with E-state index in [0.717, 1.165) is 0 Å². The smallest absolute Gasteiger partial charge is 0.224 e. The number of carbonyl (C=O) groups excluding carboxylic acids is 1. The number of amides is 1. The topological polar surface area (TPSA) is 88.0 Å². The first kappa shape index (κ1) is 17.6. The summed E-state index contributed by atoms with van der Waals surface area (Å²) in [5, 5.41) is 22.2. The van der Waals surface area contributed by atoms with E-state index in [-0.39, 0.29) is 24.5 Å². The molecule has 0 saturated heterocycles. The molecule has 6 nitrogen and oxygen atoms in total. The molecule has 128 valence electrons. The number of benzene rings is 2. The van der Waals surface area contributed by atoms with Crippen LogP contribution in [0.3, 0.4) is 0 Å². The lowest BCUT2D eigenvalue weighted by Gasteiger charge is -2.15. The Balaban J connectivity index is 1.93. The molecule has 0 aromatic heterocycles. The number of ether oxygens (including phenoxy) is 2. The first-order valence-electron chi connectivity index (χ1n) is 7.52. The minimum absolute atomic E-state index is 0.134. The van der Waals surface area contributed by atoms with Crippen LogP contribution in [0.4, 0.5) is 5.69 Å². The van der Waals surface area contributed by atoms with Crippen LogP contribution in [0.15, 0.2) is 42.5 Å². The highest BCUT2D eigenvalue weighted by molar-refractivity contribution is 5.90. The number of rotatable bonds is 7. The molecule has 0 bridgehead atoms. The summed E-state index contributed by atoms with van der Waals surface area (Å²) in [7, 11) is 3.07. The Kier molecular flexibility index (Phi) is 6.03. The van der Waals surface area contributed by atoms with Crippen molar-refractivity contribution in [2.45, 2.75) is 18.9 Å². The zero-order valence-electron chi connectivity index (χ0n) is 13.7. The summed E-state index contributed by atoms with van der Waals surface area (Å²) >= 11 is 0. The molecule has 2 rings (SSSR count). The second kappa shape index (κ2) is 8.21. The quantitative estimate of drug-likeness (QED) is 0.679. The zero-order chi connectivity index (χ0) is 17.5. The predicted octanol–water partition coefficient (Wildman–Crippen LogP) is 2.86. The third-order valence-corrected chi connectivity index (χ3v) is 3.60. The number of carbonyl (C=O) groups is 1. The number of aromatic hydroxyl groups is 1. The molecule has 0 radical (unpaired) electrons. The fourth-order valence-corrected chi connectivity index (χ4v) is 2.29. The lowest BCUT2D eigenvalue weighted by molar-refractivity contribution is -0.116. The normalized spacial score (nSPS) is 11.6. The van der Waals surface area contributed by atoms with Gasteiger partial charge in [-0.3, -0.25) is 4.79 Å². The minimum atomic E-state index is -0.823. The van der Waals surface area contributed by atoms with Crippen molar-refractivity contribution in [2.75, 3.05) is 19.5 Å². The van der Waals surface area contributed by atoms with Gasteiger partial charge in [0.2, 0.25) is 5.91 Å². The van der Waals surface area contributed by atoms with Gasteiger partial charge in [0.05, 0.1) is 20.3 Å². The maximum Gasteiger partial charge on any atom is 0.224 e. The molecule has 6 heteroatoms. The Hall–Kier alpha value is -2.73. The molecule has 0 aliphatic heterocycles. The second-order valence-corrected chi connectivity index (χ2v) is 5.26. The number of phenolic OH excluding ortho intramolecular Hbond substituents is 1. The SMILES string of the molecule is COc1ccc(C(O)CCC(=O)Nc2ccc(O)cc2)c(OC)c1.